The van der Waals surface area contributed by atoms with E-state index in [1.807, 2.05) is 12.1 Å². The van der Waals surface area contributed by atoms with Crippen LogP contribution in [0.3, 0.4) is 0 Å². The van der Waals surface area contributed by atoms with Gasteiger partial charge in [0.05, 0.1) is 4.47 Å². The molecule has 0 N–H and O–H groups in total. The van der Waals surface area contributed by atoms with E-state index >= 15 is 0 Å². The van der Waals surface area contributed by atoms with Crippen LogP contribution in [0, 0.1) is 11.6 Å². The number of benzene rings is 2. The van der Waals surface area contributed by atoms with Gasteiger partial charge < -0.3 is 0 Å². The summed E-state index contributed by atoms with van der Waals surface area (Å²) in [6.07, 6.45) is 1.98. The van der Waals surface area contributed by atoms with Crippen LogP contribution < -0.4 is 0 Å². The lowest BCUT2D eigenvalue weighted by Gasteiger charge is -2.06. The topological polar surface area (TPSA) is 17.1 Å². The van der Waals surface area contributed by atoms with E-state index in [4.69, 9.17) is 0 Å². The molecule has 0 bridgehead atoms. The van der Waals surface area contributed by atoms with E-state index in [-0.39, 0.29) is 15.8 Å². The lowest BCUT2D eigenvalue weighted by atomic mass is 10.0. The van der Waals surface area contributed by atoms with Gasteiger partial charge >= 0.3 is 0 Å². The summed E-state index contributed by atoms with van der Waals surface area (Å²) in [6, 6.07) is 9.42. The zero-order chi connectivity index (χ0) is 14.7. The Hall–Kier alpha value is -1.55. The molecule has 0 atom stereocenters. The van der Waals surface area contributed by atoms with Crippen LogP contribution >= 0.6 is 15.9 Å². The minimum atomic E-state index is -1.04. The van der Waals surface area contributed by atoms with Crippen LogP contribution in [-0.2, 0) is 6.42 Å². The zero-order valence-corrected chi connectivity index (χ0v) is 12.5. The van der Waals surface area contributed by atoms with Crippen molar-refractivity contribution in [2.45, 2.75) is 19.8 Å². The molecule has 20 heavy (non-hydrogen) atoms. The van der Waals surface area contributed by atoms with Gasteiger partial charge in [0.2, 0.25) is 0 Å². The summed E-state index contributed by atoms with van der Waals surface area (Å²) in [5, 5.41) is 0. The number of hydrogen-bond acceptors (Lipinski definition) is 1. The van der Waals surface area contributed by atoms with Crippen molar-refractivity contribution < 1.29 is 13.6 Å². The predicted octanol–water partition coefficient (Wildman–Crippen LogP) is 4.91. The van der Waals surface area contributed by atoms with E-state index in [0.29, 0.717) is 5.56 Å². The number of rotatable bonds is 4. The van der Waals surface area contributed by atoms with Crippen molar-refractivity contribution >= 4 is 21.7 Å². The van der Waals surface area contributed by atoms with Gasteiger partial charge in [0, 0.05) is 11.1 Å². The van der Waals surface area contributed by atoms with Gasteiger partial charge in [-0.15, -0.1) is 0 Å². The van der Waals surface area contributed by atoms with Gasteiger partial charge in [-0.25, -0.2) is 8.78 Å². The number of halogens is 3. The van der Waals surface area contributed by atoms with E-state index in [1.54, 1.807) is 12.1 Å². The molecule has 1 nitrogen and oxygen atoms in total. The number of carbonyl (C=O) groups excluding carboxylic acids is 1. The molecule has 0 heterocycles. The molecule has 0 saturated carbocycles. The Morgan fingerprint density at radius 2 is 1.75 bits per heavy atom. The van der Waals surface area contributed by atoms with Crippen LogP contribution in [0.4, 0.5) is 8.78 Å². The average Bonchev–Trinajstić information content (AvgIpc) is 2.45. The van der Waals surface area contributed by atoms with Crippen molar-refractivity contribution in [1.82, 2.24) is 0 Å². The normalized spacial score (nSPS) is 10.6. The highest BCUT2D eigenvalue weighted by molar-refractivity contribution is 9.10. The first-order valence-electron chi connectivity index (χ1n) is 6.31. The molecule has 0 saturated heterocycles. The van der Waals surface area contributed by atoms with Gasteiger partial charge in [-0.2, -0.15) is 0 Å². The molecule has 0 radical (unpaired) electrons. The van der Waals surface area contributed by atoms with Gasteiger partial charge in [-0.1, -0.05) is 37.6 Å². The highest BCUT2D eigenvalue weighted by Crippen LogP contribution is 2.25. The minimum Gasteiger partial charge on any atom is -0.289 e. The highest BCUT2D eigenvalue weighted by Gasteiger charge is 2.17. The maximum absolute atomic E-state index is 13.5. The Bertz CT molecular complexity index is 636. The second-order valence-electron chi connectivity index (χ2n) is 4.50. The summed E-state index contributed by atoms with van der Waals surface area (Å²) in [6.45, 7) is 2.08. The van der Waals surface area contributed by atoms with E-state index in [9.17, 15) is 13.6 Å². The van der Waals surface area contributed by atoms with E-state index in [0.717, 1.165) is 24.5 Å². The monoisotopic (exact) mass is 338 g/mol. The molecule has 0 aromatic heterocycles. The van der Waals surface area contributed by atoms with Crippen LogP contribution in [0.25, 0.3) is 0 Å². The van der Waals surface area contributed by atoms with E-state index < -0.39 is 11.6 Å². The fourth-order valence-corrected chi connectivity index (χ4v) is 2.47. The standard InChI is InChI=1S/C16H13BrF2O/c1-2-3-10-4-6-11(7-5-10)16(20)12-8-9-13(18)15(19)14(12)17/h4-9H,2-3H2,1H3. The lowest BCUT2D eigenvalue weighted by molar-refractivity contribution is 0.103. The maximum Gasteiger partial charge on any atom is 0.194 e. The summed E-state index contributed by atoms with van der Waals surface area (Å²) in [7, 11) is 0. The first kappa shape index (κ1) is 14.9. The third kappa shape index (κ3) is 2.96. The average molecular weight is 339 g/mol. The summed E-state index contributed by atoms with van der Waals surface area (Å²) >= 11 is 2.93. The Morgan fingerprint density at radius 3 is 2.35 bits per heavy atom. The Labute approximate surface area is 124 Å². The van der Waals surface area contributed by atoms with Crippen molar-refractivity contribution in [2.75, 3.05) is 0 Å². The molecule has 0 aliphatic heterocycles. The van der Waals surface area contributed by atoms with Crippen molar-refractivity contribution in [1.29, 1.82) is 0 Å². The Balaban J connectivity index is 2.34. The van der Waals surface area contributed by atoms with Crippen LogP contribution in [0.1, 0.15) is 34.8 Å². The minimum absolute atomic E-state index is 0.118. The number of ketones is 1. The SMILES string of the molecule is CCCc1ccc(C(=O)c2ccc(F)c(F)c2Br)cc1. The van der Waals surface area contributed by atoms with Crippen molar-refractivity contribution in [2.24, 2.45) is 0 Å². The molecular weight excluding hydrogens is 326 g/mol. The van der Waals surface area contributed by atoms with Crippen molar-refractivity contribution in [3.8, 4) is 0 Å². The summed E-state index contributed by atoms with van der Waals surface area (Å²) in [5.41, 5.74) is 1.72. The second kappa shape index (κ2) is 6.27. The molecule has 0 aliphatic carbocycles. The molecule has 104 valence electrons. The molecule has 0 unspecified atom stereocenters. The van der Waals surface area contributed by atoms with Gasteiger partial charge in [-0.3, -0.25) is 4.79 Å². The molecular formula is C16H13BrF2O. The smallest absolute Gasteiger partial charge is 0.194 e. The van der Waals surface area contributed by atoms with Gasteiger partial charge in [0.1, 0.15) is 0 Å². The molecule has 0 spiro atoms. The van der Waals surface area contributed by atoms with Gasteiger partial charge in [-0.05, 0) is 40.0 Å². The number of aryl methyl sites for hydroxylation is 1. The van der Waals surface area contributed by atoms with Crippen LogP contribution in [-0.4, -0.2) is 5.78 Å². The largest absolute Gasteiger partial charge is 0.289 e. The summed E-state index contributed by atoms with van der Waals surface area (Å²) < 4.78 is 26.4. The molecule has 2 rings (SSSR count). The van der Waals surface area contributed by atoms with Gasteiger partial charge in [0.15, 0.2) is 17.4 Å². The second-order valence-corrected chi connectivity index (χ2v) is 5.29. The molecule has 0 fully saturated rings. The van der Waals surface area contributed by atoms with Crippen LogP contribution in [0.15, 0.2) is 40.9 Å². The molecule has 2 aromatic carbocycles. The van der Waals surface area contributed by atoms with E-state index in [1.165, 1.54) is 6.07 Å². The van der Waals surface area contributed by atoms with Crippen molar-refractivity contribution in [3.63, 3.8) is 0 Å². The number of hydrogen-bond donors (Lipinski definition) is 0. The Morgan fingerprint density at radius 1 is 1.10 bits per heavy atom. The number of carbonyl (C=O) groups is 1. The van der Waals surface area contributed by atoms with Crippen LogP contribution in [0.5, 0.6) is 0 Å². The summed E-state index contributed by atoms with van der Waals surface area (Å²) in [5.74, 6) is -2.36. The first-order valence-corrected chi connectivity index (χ1v) is 7.11. The Kier molecular flexibility index (Phi) is 4.65. The molecule has 0 amide bonds. The van der Waals surface area contributed by atoms with E-state index in [2.05, 4.69) is 22.9 Å². The molecule has 2 aromatic rings. The van der Waals surface area contributed by atoms with Crippen LogP contribution in [0.2, 0.25) is 0 Å². The molecule has 4 heteroatoms. The van der Waals surface area contributed by atoms with Crippen molar-refractivity contribution in [3.05, 3.63) is 69.2 Å². The fourth-order valence-electron chi connectivity index (χ4n) is 1.97. The third-order valence-corrected chi connectivity index (χ3v) is 3.81. The fraction of sp³-hybridized carbons (Fsp3) is 0.188. The first-order chi connectivity index (χ1) is 9.54. The lowest BCUT2D eigenvalue weighted by Crippen LogP contribution is -2.04. The zero-order valence-electron chi connectivity index (χ0n) is 10.9. The highest BCUT2D eigenvalue weighted by atomic mass is 79.9. The molecule has 0 aliphatic rings. The summed E-state index contributed by atoms with van der Waals surface area (Å²) in [4.78, 5) is 12.3. The maximum atomic E-state index is 13.5. The predicted molar refractivity (Wildman–Crippen MR) is 77.9 cm³/mol. The quantitative estimate of drug-likeness (QED) is 0.571. The third-order valence-electron chi connectivity index (χ3n) is 3.03. The van der Waals surface area contributed by atoms with Gasteiger partial charge in [0.25, 0.3) is 0 Å².